The average Bonchev–Trinajstić information content (AvgIpc) is 2.33. The van der Waals surface area contributed by atoms with E-state index in [1.54, 1.807) is 0 Å². The second kappa shape index (κ2) is 6.16. The summed E-state index contributed by atoms with van der Waals surface area (Å²) in [6.07, 6.45) is -14.8. The van der Waals surface area contributed by atoms with Crippen molar-refractivity contribution in [3.05, 3.63) is 0 Å². The molecule has 0 saturated carbocycles. The topological polar surface area (TPSA) is 66.4 Å². The first kappa shape index (κ1) is 25.8. The number of sulfonamides is 1. The van der Waals surface area contributed by atoms with E-state index < -0.39 is 56.1 Å². The van der Waals surface area contributed by atoms with Crippen LogP contribution in [0.2, 0.25) is 0 Å². The summed E-state index contributed by atoms with van der Waals surface area (Å²) < 4.78 is 205. The zero-order valence-corrected chi connectivity index (χ0v) is 12.2. The maximum Gasteiger partial charge on any atom is 0.460 e. The molecule has 0 aliphatic carbocycles. The monoisotopic (exact) mass is 465 g/mol. The van der Waals surface area contributed by atoms with Gasteiger partial charge in [0.1, 0.15) is 0 Å². The fourth-order valence-electron chi connectivity index (χ4n) is 1.01. The first-order valence-corrected chi connectivity index (χ1v) is 6.78. The van der Waals surface area contributed by atoms with Gasteiger partial charge in [0.2, 0.25) is 0 Å². The number of aliphatic hydroxyl groups is 1. The van der Waals surface area contributed by atoms with Crippen LogP contribution in [0.15, 0.2) is 0 Å². The molecule has 20 heteroatoms. The van der Waals surface area contributed by atoms with Gasteiger partial charge in [-0.25, -0.2) is 8.42 Å². The molecule has 0 aliphatic rings. The highest BCUT2D eigenvalue weighted by Gasteiger charge is 2.86. The van der Waals surface area contributed by atoms with E-state index in [0.717, 1.165) is 0 Å². The minimum absolute atomic E-state index is 1.49. The molecule has 27 heavy (non-hydrogen) atoms. The van der Waals surface area contributed by atoms with Crippen LogP contribution in [0.3, 0.4) is 0 Å². The molecule has 0 heterocycles. The maximum atomic E-state index is 13.0. The van der Waals surface area contributed by atoms with E-state index in [0.29, 0.717) is 0 Å². The minimum atomic E-state index is -8.33. The molecule has 0 saturated heterocycles. The van der Waals surface area contributed by atoms with Crippen LogP contribution in [-0.4, -0.2) is 54.9 Å². The molecular formula is C7H2F15NO3S. The zero-order chi connectivity index (χ0) is 22.7. The summed E-state index contributed by atoms with van der Waals surface area (Å²) in [5.74, 6) is -23.1. The lowest BCUT2D eigenvalue weighted by atomic mass is 10.1. The molecule has 0 fully saturated rings. The second-order valence-electron chi connectivity index (χ2n) is 4.46. The highest BCUT2D eigenvalue weighted by atomic mass is 32.2. The van der Waals surface area contributed by atoms with Gasteiger partial charge in [0.05, 0.1) is 0 Å². The predicted molar refractivity (Wildman–Crippen MR) is 50.0 cm³/mol. The van der Waals surface area contributed by atoms with Gasteiger partial charge < -0.3 is 5.11 Å². The van der Waals surface area contributed by atoms with Gasteiger partial charge in [-0.2, -0.15) is 65.9 Å². The van der Waals surface area contributed by atoms with E-state index in [4.69, 9.17) is 5.11 Å². The highest BCUT2D eigenvalue weighted by Crippen LogP contribution is 2.55. The Morgan fingerprint density at radius 1 is 0.593 bits per heavy atom. The lowest BCUT2D eigenvalue weighted by Crippen LogP contribution is -2.69. The molecule has 0 aliphatic heterocycles. The van der Waals surface area contributed by atoms with Crippen LogP contribution in [0.1, 0.15) is 0 Å². The Morgan fingerprint density at radius 2 is 0.926 bits per heavy atom. The Morgan fingerprint density at radius 3 is 1.19 bits per heavy atom. The maximum absolute atomic E-state index is 13.0. The summed E-state index contributed by atoms with van der Waals surface area (Å²) in [5, 5.41) is -0.0142. The standard InChI is InChI=1S/C7H2F15NO3S/c8-1(9,4(13,14)15)2(10,11)7(21,22)27(25,26)23-6(19,20)3(12,24)5(16,17)18/h23-24H. The van der Waals surface area contributed by atoms with Gasteiger partial charge >= 0.3 is 41.4 Å². The van der Waals surface area contributed by atoms with Crippen molar-refractivity contribution in [1.82, 2.24) is 4.72 Å². The smallest absolute Gasteiger partial charge is 0.349 e. The van der Waals surface area contributed by atoms with Crippen molar-refractivity contribution in [1.29, 1.82) is 0 Å². The van der Waals surface area contributed by atoms with Crippen molar-refractivity contribution in [2.75, 3.05) is 0 Å². The summed E-state index contributed by atoms with van der Waals surface area (Å²) >= 11 is 0. The zero-order valence-electron chi connectivity index (χ0n) is 11.3. The summed E-state index contributed by atoms with van der Waals surface area (Å²) in [6.45, 7) is 0. The van der Waals surface area contributed by atoms with Gasteiger partial charge in [-0.1, -0.05) is 0 Å². The quantitative estimate of drug-likeness (QED) is 0.468. The number of hydrogen-bond donors (Lipinski definition) is 2. The van der Waals surface area contributed by atoms with Crippen molar-refractivity contribution >= 4 is 10.0 Å². The van der Waals surface area contributed by atoms with Crippen LogP contribution < -0.4 is 4.72 Å². The van der Waals surface area contributed by atoms with Crippen LogP contribution in [-0.2, 0) is 10.0 Å². The molecule has 0 spiro atoms. The van der Waals surface area contributed by atoms with E-state index in [1.807, 2.05) is 0 Å². The Hall–Kier alpha value is -1.18. The molecule has 4 nitrogen and oxygen atoms in total. The molecule has 0 amide bonds. The third-order valence-corrected chi connectivity index (χ3v) is 3.96. The van der Waals surface area contributed by atoms with E-state index in [1.165, 1.54) is 0 Å². The summed E-state index contributed by atoms with van der Waals surface area (Å²) in [7, 11) is -8.33. The average molecular weight is 465 g/mol. The van der Waals surface area contributed by atoms with Crippen LogP contribution >= 0.6 is 0 Å². The van der Waals surface area contributed by atoms with Gasteiger partial charge in [-0.15, -0.1) is 4.72 Å². The summed E-state index contributed by atoms with van der Waals surface area (Å²) in [5.41, 5.74) is 0. The molecule has 0 bridgehead atoms. The fourth-order valence-corrected chi connectivity index (χ4v) is 2.07. The van der Waals surface area contributed by atoms with E-state index in [9.17, 15) is 74.3 Å². The van der Waals surface area contributed by atoms with E-state index >= 15 is 0 Å². The third kappa shape index (κ3) is 3.74. The van der Waals surface area contributed by atoms with Crippen molar-refractivity contribution in [3.63, 3.8) is 0 Å². The van der Waals surface area contributed by atoms with Crippen LogP contribution in [0.5, 0.6) is 0 Å². The van der Waals surface area contributed by atoms with Gasteiger partial charge in [0, 0.05) is 0 Å². The number of alkyl halides is 15. The van der Waals surface area contributed by atoms with Gasteiger partial charge in [0.15, 0.2) is 0 Å². The Labute approximate surface area is 137 Å². The Bertz CT molecular complexity index is 660. The summed E-state index contributed by atoms with van der Waals surface area (Å²) in [6, 6.07) is -7.17. The van der Waals surface area contributed by atoms with Crippen molar-refractivity contribution < 1.29 is 79.4 Å². The minimum Gasteiger partial charge on any atom is -0.349 e. The van der Waals surface area contributed by atoms with Gasteiger partial charge in [0.25, 0.3) is 10.0 Å². The Kier molecular flexibility index (Phi) is 5.89. The third-order valence-electron chi connectivity index (χ3n) is 2.51. The molecular weight excluding hydrogens is 463 g/mol. The van der Waals surface area contributed by atoms with Crippen molar-refractivity contribution in [3.8, 4) is 0 Å². The SMILES string of the molecule is O=S(=O)(NC(F)(F)C(O)(F)C(F)(F)F)C(F)(F)C(F)(F)C(F)(F)C(F)(F)F. The molecule has 2 N–H and O–H groups in total. The van der Waals surface area contributed by atoms with E-state index in [2.05, 4.69) is 0 Å². The molecule has 0 aromatic carbocycles. The molecule has 0 radical (unpaired) electrons. The highest BCUT2D eigenvalue weighted by molar-refractivity contribution is 7.90. The molecule has 164 valence electrons. The first-order chi connectivity index (χ1) is 11.2. The van der Waals surface area contributed by atoms with Crippen molar-refractivity contribution in [2.45, 2.75) is 41.4 Å². The molecule has 0 rings (SSSR count). The molecule has 1 atom stereocenters. The second-order valence-corrected chi connectivity index (χ2v) is 6.19. The molecule has 0 aromatic rings. The Balaban J connectivity index is 6.32. The fraction of sp³-hybridized carbons (Fsp3) is 1.00. The van der Waals surface area contributed by atoms with Gasteiger partial charge in [-0.3, -0.25) is 0 Å². The summed E-state index contributed by atoms with van der Waals surface area (Å²) in [4.78, 5) is 0. The first-order valence-electron chi connectivity index (χ1n) is 5.30. The lowest BCUT2D eigenvalue weighted by Gasteiger charge is -2.35. The van der Waals surface area contributed by atoms with Crippen LogP contribution in [0, 0.1) is 0 Å². The van der Waals surface area contributed by atoms with Gasteiger partial charge in [-0.05, 0) is 0 Å². The largest absolute Gasteiger partial charge is 0.460 e. The number of nitrogens with one attached hydrogen (secondary N) is 1. The number of halogens is 15. The normalized spacial score (nSPS) is 18.4. The number of hydrogen-bond acceptors (Lipinski definition) is 3. The van der Waals surface area contributed by atoms with E-state index in [-0.39, 0.29) is 0 Å². The molecule has 1 unspecified atom stereocenters. The van der Waals surface area contributed by atoms with Crippen LogP contribution in [0.4, 0.5) is 65.9 Å². The number of rotatable bonds is 6. The molecule has 0 aromatic heterocycles. The van der Waals surface area contributed by atoms with Crippen molar-refractivity contribution in [2.24, 2.45) is 0 Å². The predicted octanol–water partition coefficient (Wildman–Crippen LogP) is 3.14. The van der Waals surface area contributed by atoms with Crippen LogP contribution in [0.25, 0.3) is 0 Å². The lowest BCUT2D eigenvalue weighted by molar-refractivity contribution is -0.390.